The maximum absolute atomic E-state index is 14.2. The van der Waals surface area contributed by atoms with Gasteiger partial charge in [-0.1, -0.05) is 19.1 Å². The molecular formula is C30H31F3N4O2. The third-order valence-electron chi connectivity index (χ3n) is 7.32. The van der Waals surface area contributed by atoms with Crippen LogP contribution in [0, 0.1) is 24.4 Å². The number of ether oxygens (including phenoxy) is 1. The molecule has 0 amide bonds. The summed E-state index contributed by atoms with van der Waals surface area (Å²) in [7, 11) is 1.62. The van der Waals surface area contributed by atoms with Gasteiger partial charge < -0.3 is 14.3 Å². The van der Waals surface area contributed by atoms with Gasteiger partial charge in [-0.2, -0.15) is 0 Å². The van der Waals surface area contributed by atoms with Crippen LogP contribution in [0.3, 0.4) is 0 Å². The minimum absolute atomic E-state index is 0.124. The van der Waals surface area contributed by atoms with Gasteiger partial charge in [-0.3, -0.25) is 4.79 Å². The van der Waals surface area contributed by atoms with Crippen LogP contribution in [0.4, 0.5) is 13.2 Å². The molecule has 0 bridgehead atoms. The monoisotopic (exact) mass is 536 g/mol. The Balaban J connectivity index is 1.51. The summed E-state index contributed by atoms with van der Waals surface area (Å²) in [6.45, 7) is 5.11. The van der Waals surface area contributed by atoms with Crippen LogP contribution < -0.4 is 4.74 Å². The first-order valence-electron chi connectivity index (χ1n) is 13.1. The van der Waals surface area contributed by atoms with Gasteiger partial charge in [0.15, 0.2) is 23.2 Å². The molecule has 0 spiro atoms. The lowest BCUT2D eigenvalue weighted by atomic mass is 9.95. The molecule has 6 nitrogen and oxygen atoms in total. The minimum atomic E-state index is -1.53. The molecule has 2 aliphatic rings. The van der Waals surface area contributed by atoms with E-state index in [2.05, 4.69) is 4.98 Å². The fourth-order valence-corrected chi connectivity index (χ4v) is 5.40. The maximum atomic E-state index is 14.2. The van der Waals surface area contributed by atoms with Gasteiger partial charge in [0.1, 0.15) is 11.8 Å². The molecule has 1 aromatic heterocycles. The van der Waals surface area contributed by atoms with E-state index < -0.39 is 23.5 Å². The Hall–Kier alpha value is -3.85. The molecule has 3 aromatic rings. The number of carbonyl (C=O) groups excluding carboxylic acids is 1. The molecule has 39 heavy (non-hydrogen) atoms. The quantitative estimate of drug-likeness (QED) is 0.346. The second-order valence-electron chi connectivity index (χ2n) is 9.87. The van der Waals surface area contributed by atoms with Crippen molar-refractivity contribution in [2.75, 3.05) is 20.2 Å². The zero-order chi connectivity index (χ0) is 27.7. The highest BCUT2D eigenvalue weighted by molar-refractivity contribution is 5.88. The number of hydrogen-bond acceptors (Lipinski definition) is 5. The SMILES string of the molecule is CCC1=C(C=Cc2ccc(-n3cnc(C)c3)c(OC)c2)N2CCCCN2C(c2cc(F)c(F)c(F)c2)C(=O)C1. The van der Waals surface area contributed by atoms with E-state index in [1.165, 1.54) is 0 Å². The highest BCUT2D eigenvalue weighted by Gasteiger charge is 2.38. The van der Waals surface area contributed by atoms with Crippen LogP contribution in [0.15, 0.2) is 60.2 Å². The van der Waals surface area contributed by atoms with Gasteiger partial charge in [-0.25, -0.2) is 23.2 Å². The largest absolute Gasteiger partial charge is 0.495 e. The van der Waals surface area contributed by atoms with Gasteiger partial charge >= 0.3 is 0 Å². The summed E-state index contributed by atoms with van der Waals surface area (Å²) < 4.78 is 49.6. The zero-order valence-electron chi connectivity index (χ0n) is 22.3. The van der Waals surface area contributed by atoms with E-state index in [0.29, 0.717) is 25.3 Å². The smallest absolute Gasteiger partial charge is 0.194 e. The normalized spacial score (nSPS) is 18.6. The van der Waals surface area contributed by atoms with Crippen LogP contribution in [0.1, 0.15) is 55.5 Å². The number of rotatable bonds is 6. The van der Waals surface area contributed by atoms with E-state index >= 15 is 0 Å². The van der Waals surface area contributed by atoms with Crippen molar-refractivity contribution in [1.29, 1.82) is 0 Å². The Morgan fingerprint density at radius 2 is 1.82 bits per heavy atom. The lowest BCUT2D eigenvalue weighted by Gasteiger charge is -2.43. The molecule has 204 valence electrons. The number of halogens is 3. The van der Waals surface area contributed by atoms with Gasteiger partial charge in [-0.05, 0) is 73.2 Å². The van der Waals surface area contributed by atoms with Crippen molar-refractivity contribution in [1.82, 2.24) is 19.6 Å². The third kappa shape index (κ3) is 5.23. The number of hydrogen-bond donors (Lipinski definition) is 0. The molecule has 0 aliphatic carbocycles. The molecule has 1 saturated heterocycles. The number of hydrazine groups is 1. The first-order valence-corrected chi connectivity index (χ1v) is 13.1. The van der Waals surface area contributed by atoms with E-state index in [4.69, 9.17) is 4.74 Å². The lowest BCUT2D eigenvalue weighted by molar-refractivity contribution is -0.132. The van der Waals surface area contributed by atoms with E-state index in [-0.39, 0.29) is 17.8 Å². The number of fused-ring (bicyclic) bond motifs is 1. The molecule has 1 atom stereocenters. The van der Waals surface area contributed by atoms with Crippen molar-refractivity contribution < 1.29 is 22.7 Å². The highest BCUT2D eigenvalue weighted by Crippen LogP contribution is 2.38. The number of methoxy groups -OCH3 is 1. The first kappa shape index (κ1) is 26.7. The predicted octanol–water partition coefficient (Wildman–Crippen LogP) is 6.31. The molecule has 3 heterocycles. The topological polar surface area (TPSA) is 50.6 Å². The van der Waals surface area contributed by atoms with Gasteiger partial charge in [0, 0.05) is 25.7 Å². The van der Waals surface area contributed by atoms with E-state index in [9.17, 15) is 18.0 Å². The lowest BCUT2D eigenvalue weighted by Crippen LogP contribution is -2.49. The number of carbonyl (C=O) groups is 1. The van der Waals surface area contributed by atoms with Crippen LogP contribution in [0.2, 0.25) is 0 Å². The molecule has 0 N–H and O–H groups in total. The molecule has 0 saturated carbocycles. The third-order valence-corrected chi connectivity index (χ3v) is 7.32. The van der Waals surface area contributed by atoms with Crippen LogP contribution in [-0.2, 0) is 4.79 Å². The molecule has 0 radical (unpaired) electrons. The molecule has 2 aliphatic heterocycles. The van der Waals surface area contributed by atoms with Crippen molar-refractivity contribution in [3.05, 3.63) is 94.5 Å². The summed E-state index contributed by atoms with van der Waals surface area (Å²) in [5, 5.41) is 3.93. The van der Waals surface area contributed by atoms with Crippen molar-refractivity contribution in [3.63, 3.8) is 0 Å². The van der Waals surface area contributed by atoms with Crippen molar-refractivity contribution in [2.24, 2.45) is 0 Å². The minimum Gasteiger partial charge on any atom is -0.495 e. The second kappa shape index (κ2) is 11.1. The summed E-state index contributed by atoms with van der Waals surface area (Å²) in [5.41, 5.74) is 4.63. The number of imidazole rings is 1. The number of ketones is 1. The molecule has 1 unspecified atom stereocenters. The number of Topliss-reactive ketones (excluding diaryl/α,β-unsaturated/α-hetero) is 1. The summed E-state index contributed by atoms with van der Waals surface area (Å²) in [4.78, 5) is 17.8. The standard InChI is InChI=1S/C30H31F3N4O2/c1-4-21-16-27(38)30(22-14-23(31)29(33)24(32)15-22)37-12-6-5-11-36(37)25(21)9-7-20-8-10-26(28(13-20)39-3)35-17-19(2)34-18-35/h7-10,13-15,17-18,30H,4-6,11-12,16H2,1-3H3. The number of aryl methyl sites for hydroxylation is 1. The summed E-state index contributed by atoms with van der Waals surface area (Å²) in [5.74, 6) is -3.60. The molecule has 1 fully saturated rings. The summed E-state index contributed by atoms with van der Waals surface area (Å²) in [6, 6.07) is 6.87. The Bertz CT molecular complexity index is 1440. The Morgan fingerprint density at radius 1 is 1.08 bits per heavy atom. The van der Waals surface area contributed by atoms with Crippen LogP contribution >= 0.6 is 0 Å². The van der Waals surface area contributed by atoms with E-state index in [0.717, 1.165) is 53.2 Å². The Kier molecular flexibility index (Phi) is 7.61. The van der Waals surface area contributed by atoms with Crippen molar-refractivity contribution in [3.8, 4) is 11.4 Å². The zero-order valence-corrected chi connectivity index (χ0v) is 22.3. The number of allylic oxidation sites excluding steroid dienone is 2. The fraction of sp³-hybridized carbons (Fsp3) is 0.333. The average Bonchev–Trinajstić information content (AvgIpc) is 3.32. The molecular weight excluding hydrogens is 505 g/mol. The first-order chi connectivity index (χ1) is 18.8. The maximum Gasteiger partial charge on any atom is 0.194 e. The summed E-state index contributed by atoms with van der Waals surface area (Å²) >= 11 is 0. The number of nitrogens with zero attached hydrogens (tertiary/aromatic N) is 4. The Morgan fingerprint density at radius 3 is 2.49 bits per heavy atom. The van der Waals surface area contributed by atoms with Crippen LogP contribution in [0.25, 0.3) is 11.8 Å². The Labute approximate surface area is 226 Å². The number of aromatic nitrogens is 2. The van der Waals surface area contributed by atoms with Gasteiger partial charge in [0.25, 0.3) is 0 Å². The second-order valence-corrected chi connectivity index (χ2v) is 9.87. The summed E-state index contributed by atoms with van der Waals surface area (Å²) in [6.07, 6.45) is 10.1. The van der Waals surface area contributed by atoms with Crippen molar-refractivity contribution in [2.45, 2.75) is 45.6 Å². The highest BCUT2D eigenvalue weighted by atomic mass is 19.2. The van der Waals surface area contributed by atoms with E-state index in [1.807, 2.05) is 65.0 Å². The predicted molar refractivity (Wildman–Crippen MR) is 143 cm³/mol. The van der Waals surface area contributed by atoms with Crippen LogP contribution in [0.5, 0.6) is 5.75 Å². The van der Waals surface area contributed by atoms with Crippen LogP contribution in [-0.4, -0.2) is 45.6 Å². The van der Waals surface area contributed by atoms with Gasteiger partial charge in [0.05, 0.1) is 30.5 Å². The van der Waals surface area contributed by atoms with Crippen molar-refractivity contribution >= 4 is 11.9 Å². The molecule has 5 rings (SSSR count). The molecule has 2 aromatic carbocycles. The number of benzene rings is 2. The van der Waals surface area contributed by atoms with Gasteiger partial charge in [-0.15, -0.1) is 0 Å². The average molecular weight is 537 g/mol. The fourth-order valence-electron chi connectivity index (χ4n) is 5.40. The molecule has 9 heteroatoms. The van der Waals surface area contributed by atoms with E-state index in [1.54, 1.807) is 13.4 Å². The van der Waals surface area contributed by atoms with Gasteiger partial charge in [0.2, 0.25) is 0 Å².